The molecular formula is C13H14BrNO2. The Balaban J connectivity index is 2.25. The smallest absolute Gasteiger partial charge is 0.260 e. The maximum Gasteiger partial charge on any atom is 0.260 e. The third-order valence-electron chi connectivity index (χ3n) is 2.97. The van der Waals surface area contributed by atoms with E-state index in [-0.39, 0.29) is 17.7 Å². The molecule has 4 heteroatoms. The highest BCUT2D eigenvalue weighted by molar-refractivity contribution is 9.10. The summed E-state index contributed by atoms with van der Waals surface area (Å²) in [5.74, 6) is 0.0148. The zero-order chi connectivity index (χ0) is 12.6. The van der Waals surface area contributed by atoms with Crippen molar-refractivity contribution < 1.29 is 9.59 Å². The molecule has 0 bridgehead atoms. The van der Waals surface area contributed by atoms with Crippen LogP contribution in [0.1, 0.15) is 29.3 Å². The van der Waals surface area contributed by atoms with E-state index in [1.165, 1.54) is 4.90 Å². The summed E-state index contributed by atoms with van der Waals surface area (Å²) in [5.41, 5.74) is 1.57. The fourth-order valence-corrected chi connectivity index (χ4v) is 2.26. The summed E-state index contributed by atoms with van der Waals surface area (Å²) in [6.07, 6.45) is 0.473. The van der Waals surface area contributed by atoms with Gasteiger partial charge in [-0.05, 0) is 36.6 Å². The molecule has 3 nitrogen and oxygen atoms in total. The van der Waals surface area contributed by atoms with Crippen LogP contribution in [0, 0.1) is 12.8 Å². The Morgan fingerprint density at radius 2 is 2.18 bits per heavy atom. The fraction of sp³-hybridized carbons (Fsp3) is 0.385. The van der Waals surface area contributed by atoms with E-state index in [1.54, 1.807) is 6.07 Å². The maximum atomic E-state index is 12.2. The third kappa shape index (κ3) is 2.41. The number of imide groups is 1. The van der Waals surface area contributed by atoms with E-state index in [2.05, 4.69) is 15.9 Å². The molecule has 1 saturated heterocycles. The number of hydrogen-bond acceptors (Lipinski definition) is 2. The van der Waals surface area contributed by atoms with Gasteiger partial charge in [0.2, 0.25) is 5.91 Å². The summed E-state index contributed by atoms with van der Waals surface area (Å²) in [4.78, 5) is 25.2. The summed E-state index contributed by atoms with van der Waals surface area (Å²) in [6.45, 7) is 4.44. The molecule has 1 atom stereocenters. The van der Waals surface area contributed by atoms with E-state index >= 15 is 0 Å². The van der Waals surface area contributed by atoms with Crippen LogP contribution in [-0.4, -0.2) is 23.3 Å². The highest BCUT2D eigenvalue weighted by atomic mass is 79.9. The molecule has 0 aliphatic carbocycles. The van der Waals surface area contributed by atoms with Crippen LogP contribution in [0.4, 0.5) is 0 Å². The lowest BCUT2D eigenvalue weighted by Gasteiger charge is -2.14. The van der Waals surface area contributed by atoms with Crippen molar-refractivity contribution in [2.75, 3.05) is 6.54 Å². The van der Waals surface area contributed by atoms with Crippen LogP contribution >= 0.6 is 15.9 Å². The third-order valence-corrected chi connectivity index (χ3v) is 3.86. The second-order valence-corrected chi connectivity index (χ2v) is 5.44. The Bertz CT molecular complexity index is 484. The lowest BCUT2D eigenvalue weighted by Crippen LogP contribution is -2.32. The zero-order valence-electron chi connectivity index (χ0n) is 9.87. The summed E-state index contributed by atoms with van der Waals surface area (Å²) < 4.78 is 0.968. The summed E-state index contributed by atoms with van der Waals surface area (Å²) in [6, 6.07) is 5.39. The van der Waals surface area contributed by atoms with Gasteiger partial charge in [0, 0.05) is 23.0 Å². The number of benzene rings is 1. The fourth-order valence-electron chi connectivity index (χ4n) is 2.02. The Morgan fingerprint density at radius 1 is 1.47 bits per heavy atom. The lowest BCUT2D eigenvalue weighted by molar-refractivity contribution is -0.125. The van der Waals surface area contributed by atoms with Gasteiger partial charge in [0.15, 0.2) is 0 Å². The summed E-state index contributed by atoms with van der Waals surface area (Å²) in [5, 5.41) is 0. The minimum atomic E-state index is -0.185. The average Bonchev–Trinajstić information content (AvgIpc) is 2.61. The van der Waals surface area contributed by atoms with E-state index in [9.17, 15) is 9.59 Å². The monoisotopic (exact) mass is 295 g/mol. The van der Waals surface area contributed by atoms with Gasteiger partial charge in [-0.1, -0.05) is 22.9 Å². The molecule has 0 saturated carbocycles. The maximum absolute atomic E-state index is 12.2. The normalized spacial score (nSPS) is 19.8. The Kier molecular flexibility index (Phi) is 3.33. The predicted octanol–water partition coefficient (Wildman–Crippen LogP) is 2.77. The van der Waals surface area contributed by atoms with E-state index in [1.807, 2.05) is 26.0 Å². The average molecular weight is 296 g/mol. The van der Waals surface area contributed by atoms with Gasteiger partial charge in [0.1, 0.15) is 0 Å². The van der Waals surface area contributed by atoms with Gasteiger partial charge in [-0.25, -0.2) is 0 Å². The van der Waals surface area contributed by atoms with Gasteiger partial charge >= 0.3 is 0 Å². The van der Waals surface area contributed by atoms with Crippen LogP contribution in [-0.2, 0) is 4.79 Å². The number of rotatable bonds is 1. The van der Waals surface area contributed by atoms with Gasteiger partial charge in [-0.15, -0.1) is 0 Å². The highest BCUT2D eigenvalue weighted by Crippen LogP contribution is 2.22. The Morgan fingerprint density at radius 3 is 2.71 bits per heavy atom. The van der Waals surface area contributed by atoms with E-state index < -0.39 is 0 Å². The molecule has 1 aliphatic heterocycles. The molecule has 0 aromatic heterocycles. The number of aryl methyl sites for hydroxylation is 1. The number of nitrogens with zero attached hydrogens (tertiary/aromatic N) is 1. The van der Waals surface area contributed by atoms with Crippen molar-refractivity contribution >= 4 is 27.7 Å². The van der Waals surface area contributed by atoms with E-state index in [0.717, 1.165) is 10.0 Å². The SMILES string of the molecule is Cc1cc(C(=O)N2CC(C)CC2=O)ccc1Br. The Labute approximate surface area is 109 Å². The molecule has 2 rings (SSSR count). The molecular weight excluding hydrogens is 282 g/mol. The molecule has 1 heterocycles. The molecule has 2 amide bonds. The van der Waals surface area contributed by atoms with Gasteiger partial charge in [0.25, 0.3) is 5.91 Å². The largest absolute Gasteiger partial charge is 0.278 e. The highest BCUT2D eigenvalue weighted by Gasteiger charge is 2.31. The summed E-state index contributed by atoms with van der Waals surface area (Å²) in [7, 11) is 0. The van der Waals surface area contributed by atoms with Crippen molar-refractivity contribution in [1.82, 2.24) is 4.90 Å². The molecule has 1 fully saturated rings. The predicted molar refractivity (Wildman–Crippen MR) is 68.7 cm³/mol. The first-order chi connectivity index (χ1) is 7.99. The molecule has 1 aromatic rings. The first kappa shape index (κ1) is 12.3. The molecule has 0 N–H and O–H groups in total. The van der Waals surface area contributed by atoms with E-state index in [4.69, 9.17) is 0 Å². The van der Waals surface area contributed by atoms with Crippen molar-refractivity contribution in [3.63, 3.8) is 0 Å². The van der Waals surface area contributed by atoms with Crippen LogP contribution in [0.3, 0.4) is 0 Å². The van der Waals surface area contributed by atoms with Crippen molar-refractivity contribution in [3.8, 4) is 0 Å². The van der Waals surface area contributed by atoms with Crippen LogP contribution < -0.4 is 0 Å². The number of amides is 2. The molecule has 1 aromatic carbocycles. The van der Waals surface area contributed by atoms with Crippen LogP contribution in [0.5, 0.6) is 0 Å². The van der Waals surface area contributed by atoms with Crippen molar-refractivity contribution in [1.29, 1.82) is 0 Å². The van der Waals surface area contributed by atoms with Crippen LogP contribution in [0.15, 0.2) is 22.7 Å². The zero-order valence-corrected chi connectivity index (χ0v) is 11.5. The first-order valence-corrected chi connectivity index (χ1v) is 6.39. The molecule has 90 valence electrons. The minimum absolute atomic E-state index is 0.0666. The van der Waals surface area contributed by atoms with Crippen molar-refractivity contribution in [2.45, 2.75) is 20.3 Å². The number of hydrogen-bond donors (Lipinski definition) is 0. The lowest BCUT2D eigenvalue weighted by atomic mass is 10.1. The van der Waals surface area contributed by atoms with Gasteiger partial charge in [-0.2, -0.15) is 0 Å². The van der Waals surface area contributed by atoms with Gasteiger partial charge < -0.3 is 0 Å². The quantitative estimate of drug-likeness (QED) is 0.747. The number of carbonyl (C=O) groups is 2. The van der Waals surface area contributed by atoms with Crippen LogP contribution in [0.25, 0.3) is 0 Å². The van der Waals surface area contributed by atoms with Gasteiger partial charge in [-0.3, -0.25) is 14.5 Å². The first-order valence-electron chi connectivity index (χ1n) is 5.60. The van der Waals surface area contributed by atoms with Crippen LogP contribution in [0.2, 0.25) is 0 Å². The molecule has 1 aliphatic rings. The molecule has 17 heavy (non-hydrogen) atoms. The molecule has 1 unspecified atom stereocenters. The second kappa shape index (κ2) is 4.61. The van der Waals surface area contributed by atoms with Crippen molar-refractivity contribution in [2.24, 2.45) is 5.92 Å². The molecule has 0 spiro atoms. The van der Waals surface area contributed by atoms with Gasteiger partial charge in [0.05, 0.1) is 0 Å². The van der Waals surface area contributed by atoms with Crippen molar-refractivity contribution in [3.05, 3.63) is 33.8 Å². The number of likely N-dealkylation sites (tertiary alicyclic amines) is 1. The Hall–Kier alpha value is -1.16. The topological polar surface area (TPSA) is 37.4 Å². The molecule has 0 radical (unpaired) electrons. The number of carbonyl (C=O) groups excluding carboxylic acids is 2. The minimum Gasteiger partial charge on any atom is -0.278 e. The second-order valence-electron chi connectivity index (χ2n) is 4.58. The summed E-state index contributed by atoms with van der Waals surface area (Å²) >= 11 is 3.39. The van der Waals surface area contributed by atoms with E-state index in [0.29, 0.717) is 18.5 Å². The standard InChI is InChI=1S/C13H14BrNO2/c1-8-5-12(16)15(7-8)13(17)10-3-4-11(14)9(2)6-10/h3-4,6,8H,5,7H2,1-2H3. The number of halogens is 1.